The molecule has 31 heavy (non-hydrogen) atoms. The third-order valence-corrected chi connectivity index (χ3v) is 6.33. The largest absolute Gasteiger partial charge is 0.375 e. The number of piperidine rings is 1. The van der Waals surface area contributed by atoms with Gasteiger partial charge in [-0.2, -0.15) is 5.10 Å². The van der Waals surface area contributed by atoms with Crippen molar-refractivity contribution in [1.82, 2.24) is 25.1 Å². The summed E-state index contributed by atoms with van der Waals surface area (Å²) in [6.45, 7) is 10.9. The molecule has 1 atom stereocenters. The Morgan fingerprint density at radius 1 is 1.06 bits per heavy atom. The van der Waals surface area contributed by atoms with Crippen LogP contribution in [0.1, 0.15) is 42.6 Å². The monoisotopic (exact) mass is 442 g/mol. The van der Waals surface area contributed by atoms with Crippen molar-refractivity contribution in [2.45, 2.75) is 45.6 Å². The van der Waals surface area contributed by atoms with E-state index in [-0.39, 0.29) is 18.5 Å². The fraction of sp³-hybridized carbons (Fsp3) is 0.522. The zero-order valence-electron chi connectivity index (χ0n) is 18.5. The van der Waals surface area contributed by atoms with E-state index in [2.05, 4.69) is 42.3 Å². The number of hydrogen-bond donors (Lipinski definition) is 1. The molecule has 0 saturated carbocycles. The van der Waals surface area contributed by atoms with E-state index in [4.69, 9.17) is 19.8 Å². The van der Waals surface area contributed by atoms with E-state index in [1.54, 1.807) is 0 Å². The Bertz CT molecular complexity index is 1060. The van der Waals surface area contributed by atoms with Gasteiger partial charge in [-0.1, -0.05) is 0 Å². The predicted molar refractivity (Wildman–Crippen MR) is 126 cm³/mol. The molecule has 0 bridgehead atoms. The second-order valence-electron chi connectivity index (χ2n) is 8.61. The van der Waals surface area contributed by atoms with E-state index in [1.807, 2.05) is 17.8 Å². The molecule has 0 unspecified atom stereocenters. The lowest BCUT2D eigenvalue weighted by Gasteiger charge is -2.32. The van der Waals surface area contributed by atoms with Gasteiger partial charge in [0.25, 0.3) is 0 Å². The van der Waals surface area contributed by atoms with Crippen molar-refractivity contribution in [2.75, 3.05) is 37.7 Å². The van der Waals surface area contributed by atoms with E-state index in [1.165, 1.54) is 24.0 Å². The van der Waals surface area contributed by atoms with Gasteiger partial charge in [0, 0.05) is 24.5 Å². The average molecular weight is 443 g/mol. The maximum atomic E-state index is 5.69. The molecule has 3 aromatic rings. The second kappa shape index (κ2) is 9.10. The molecule has 0 radical (unpaired) electrons. The molecule has 2 aliphatic rings. The van der Waals surface area contributed by atoms with Gasteiger partial charge in [0.2, 0.25) is 0 Å². The molecule has 4 heterocycles. The van der Waals surface area contributed by atoms with Crippen molar-refractivity contribution in [1.29, 1.82) is 0 Å². The molecule has 0 aliphatic carbocycles. The van der Waals surface area contributed by atoms with Gasteiger partial charge < -0.3 is 15.0 Å². The lowest BCUT2D eigenvalue weighted by Crippen LogP contribution is -2.41. The van der Waals surface area contributed by atoms with Gasteiger partial charge in [-0.3, -0.25) is 0 Å². The van der Waals surface area contributed by atoms with Crippen molar-refractivity contribution in [3.63, 3.8) is 0 Å². The number of anilines is 1. The van der Waals surface area contributed by atoms with Gasteiger partial charge in [0.15, 0.2) is 5.82 Å². The number of rotatable bonds is 3. The van der Waals surface area contributed by atoms with Crippen LogP contribution in [0.4, 0.5) is 5.82 Å². The van der Waals surface area contributed by atoms with Crippen molar-refractivity contribution in [3.05, 3.63) is 41.3 Å². The van der Waals surface area contributed by atoms with Gasteiger partial charge in [0.05, 0.1) is 24.4 Å². The third kappa shape index (κ3) is 4.40. The van der Waals surface area contributed by atoms with E-state index < -0.39 is 0 Å². The maximum Gasteiger partial charge on any atom is 0.159 e. The van der Waals surface area contributed by atoms with Crippen LogP contribution in [0.15, 0.2) is 24.4 Å². The summed E-state index contributed by atoms with van der Waals surface area (Å²) < 4.78 is 7.67. The van der Waals surface area contributed by atoms with Crippen molar-refractivity contribution >= 4 is 29.1 Å². The summed E-state index contributed by atoms with van der Waals surface area (Å²) in [5.74, 6) is 3.14. The molecule has 2 saturated heterocycles. The summed E-state index contributed by atoms with van der Waals surface area (Å²) in [5, 5.41) is 9.33. The number of nitrogens with one attached hydrogen (secondary N) is 1. The summed E-state index contributed by atoms with van der Waals surface area (Å²) in [7, 11) is 0. The van der Waals surface area contributed by atoms with Crippen LogP contribution >= 0.6 is 12.4 Å². The lowest BCUT2D eigenvalue weighted by molar-refractivity contribution is 0.0529. The van der Waals surface area contributed by atoms with Crippen LogP contribution < -0.4 is 10.2 Å². The standard InChI is InChI=1S/C23H30N6O.ClH/c1-15-10-19-13-25-29(21(19)11-20(15)18-4-6-24-7-5-18)23-12-22(26-17(3)27-23)28-8-9-30-16(2)14-28;/h10-13,16,18,24H,4-9,14H2,1-3H3;1H/t16-;/m0./s1. The fourth-order valence-corrected chi connectivity index (χ4v) is 4.79. The quantitative estimate of drug-likeness (QED) is 0.669. The first-order valence-corrected chi connectivity index (χ1v) is 11.0. The van der Waals surface area contributed by atoms with Crippen LogP contribution in [-0.2, 0) is 4.74 Å². The molecule has 5 rings (SSSR count). The van der Waals surface area contributed by atoms with E-state index in [9.17, 15) is 0 Å². The Balaban J connectivity index is 0.00000231. The molecule has 2 aliphatic heterocycles. The highest BCUT2D eigenvalue weighted by atomic mass is 35.5. The van der Waals surface area contributed by atoms with E-state index in [0.29, 0.717) is 5.92 Å². The Morgan fingerprint density at radius 3 is 2.61 bits per heavy atom. The minimum absolute atomic E-state index is 0. The minimum atomic E-state index is 0. The van der Waals surface area contributed by atoms with Crippen LogP contribution in [0.5, 0.6) is 0 Å². The van der Waals surface area contributed by atoms with Gasteiger partial charge in [-0.15, -0.1) is 12.4 Å². The summed E-state index contributed by atoms with van der Waals surface area (Å²) in [6.07, 6.45) is 4.53. The highest BCUT2D eigenvalue weighted by Crippen LogP contribution is 2.32. The zero-order chi connectivity index (χ0) is 20.7. The van der Waals surface area contributed by atoms with Crippen LogP contribution in [-0.4, -0.2) is 58.6 Å². The number of aryl methyl sites for hydroxylation is 2. The number of benzene rings is 1. The number of aromatic nitrogens is 4. The number of halogens is 1. The van der Waals surface area contributed by atoms with Crippen molar-refractivity contribution in [2.24, 2.45) is 0 Å². The predicted octanol–water partition coefficient (Wildman–Crippen LogP) is 3.55. The van der Waals surface area contributed by atoms with Gasteiger partial charge in [0.1, 0.15) is 11.6 Å². The first kappa shape index (κ1) is 22.0. The average Bonchev–Trinajstić information content (AvgIpc) is 3.16. The summed E-state index contributed by atoms with van der Waals surface area (Å²) >= 11 is 0. The Morgan fingerprint density at radius 2 is 1.84 bits per heavy atom. The fourth-order valence-electron chi connectivity index (χ4n) is 4.79. The lowest BCUT2D eigenvalue weighted by atomic mass is 9.87. The first-order chi connectivity index (χ1) is 14.6. The van der Waals surface area contributed by atoms with Crippen LogP contribution in [0.2, 0.25) is 0 Å². The Kier molecular flexibility index (Phi) is 6.46. The molecule has 0 amide bonds. The Labute approximate surface area is 189 Å². The van der Waals surface area contributed by atoms with Crippen LogP contribution in [0.3, 0.4) is 0 Å². The molecule has 1 aromatic carbocycles. The van der Waals surface area contributed by atoms with Crippen molar-refractivity contribution < 1.29 is 4.74 Å². The van der Waals surface area contributed by atoms with E-state index in [0.717, 1.165) is 61.1 Å². The molecular formula is C23H31ClN6O. The molecule has 8 heteroatoms. The number of hydrogen-bond acceptors (Lipinski definition) is 6. The molecule has 2 fully saturated rings. The number of morpholine rings is 1. The van der Waals surface area contributed by atoms with Gasteiger partial charge in [-0.05, 0) is 75.9 Å². The summed E-state index contributed by atoms with van der Waals surface area (Å²) in [5.41, 5.74) is 3.92. The number of ether oxygens (including phenoxy) is 1. The molecule has 1 N–H and O–H groups in total. The smallest absolute Gasteiger partial charge is 0.159 e. The molecule has 7 nitrogen and oxygen atoms in total. The zero-order valence-corrected chi connectivity index (χ0v) is 19.3. The molecule has 2 aromatic heterocycles. The molecule has 166 valence electrons. The van der Waals surface area contributed by atoms with Gasteiger partial charge >= 0.3 is 0 Å². The molecular weight excluding hydrogens is 412 g/mol. The van der Waals surface area contributed by atoms with Crippen LogP contribution in [0.25, 0.3) is 16.7 Å². The number of fused-ring (bicyclic) bond motifs is 1. The molecule has 0 spiro atoms. The highest BCUT2D eigenvalue weighted by molar-refractivity contribution is 5.85. The summed E-state index contributed by atoms with van der Waals surface area (Å²) in [4.78, 5) is 11.7. The normalized spacial score (nSPS) is 20.1. The topological polar surface area (TPSA) is 68.1 Å². The minimum Gasteiger partial charge on any atom is -0.375 e. The Hall–Kier alpha value is -2.22. The van der Waals surface area contributed by atoms with Crippen molar-refractivity contribution in [3.8, 4) is 5.82 Å². The first-order valence-electron chi connectivity index (χ1n) is 11.0. The third-order valence-electron chi connectivity index (χ3n) is 6.33. The maximum absolute atomic E-state index is 5.69. The van der Waals surface area contributed by atoms with E-state index >= 15 is 0 Å². The SMILES string of the molecule is Cc1nc(N2CCO[C@@H](C)C2)cc(-n2ncc3cc(C)c(C4CCNCC4)cc32)n1.Cl. The highest BCUT2D eigenvalue weighted by Gasteiger charge is 2.21. The summed E-state index contributed by atoms with van der Waals surface area (Å²) in [6, 6.07) is 6.66. The second-order valence-corrected chi connectivity index (χ2v) is 8.61. The van der Waals surface area contributed by atoms with Crippen LogP contribution in [0, 0.1) is 13.8 Å². The number of nitrogens with zero attached hydrogens (tertiary/aromatic N) is 5. The van der Waals surface area contributed by atoms with Gasteiger partial charge in [-0.25, -0.2) is 14.6 Å².